The Morgan fingerprint density at radius 3 is 2.95 bits per heavy atom. The van der Waals surface area contributed by atoms with Crippen molar-refractivity contribution >= 4 is 0 Å². The van der Waals surface area contributed by atoms with Crippen LogP contribution < -0.4 is 10.1 Å². The van der Waals surface area contributed by atoms with Gasteiger partial charge in [0, 0.05) is 12.6 Å². The molecule has 0 saturated carbocycles. The summed E-state index contributed by atoms with van der Waals surface area (Å²) in [6.45, 7) is 5.65. The van der Waals surface area contributed by atoms with Crippen LogP contribution in [0, 0.1) is 0 Å². The third kappa shape index (κ3) is 4.44. The minimum absolute atomic E-state index is 0.511. The Bertz CT molecular complexity index is 368. The Balaban J connectivity index is 1.79. The van der Waals surface area contributed by atoms with Gasteiger partial charge in [0.1, 0.15) is 6.61 Å². The minimum atomic E-state index is 0.511. The lowest BCUT2D eigenvalue weighted by Gasteiger charge is -2.31. The van der Waals surface area contributed by atoms with E-state index in [0.717, 1.165) is 18.8 Å². The van der Waals surface area contributed by atoms with Crippen LogP contribution in [0.5, 0.6) is 5.88 Å². The van der Waals surface area contributed by atoms with Crippen LogP contribution in [-0.2, 0) is 6.54 Å². The number of ether oxygens (including phenoxy) is 1. The topological polar surface area (TPSA) is 50.3 Å². The number of aromatic nitrogens is 2. The fourth-order valence-electron chi connectivity index (χ4n) is 2.30. The van der Waals surface area contributed by atoms with Gasteiger partial charge >= 0.3 is 0 Å². The van der Waals surface area contributed by atoms with Crippen molar-refractivity contribution in [3.05, 3.63) is 18.1 Å². The predicted molar refractivity (Wildman–Crippen MR) is 75.2 cm³/mol. The number of rotatable bonds is 6. The summed E-state index contributed by atoms with van der Waals surface area (Å²) in [5.74, 6) is 0.624. The smallest absolute Gasteiger partial charge is 0.232 e. The Morgan fingerprint density at radius 1 is 1.37 bits per heavy atom. The number of likely N-dealkylation sites (N-methyl/N-ethyl adjacent to an activating group) is 1. The molecular formula is C14H24N4O. The quantitative estimate of drug-likeness (QED) is 0.843. The van der Waals surface area contributed by atoms with E-state index in [0.29, 0.717) is 18.5 Å². The van der Waals surface area contributed by atoms with E-state index in [2.05, 4.69) is 34.2 Å². The molecule has 0 spiro atoms. The van der Waals surface area contributed by atoms with Crippen molar-refractivity contribution in [3.8, 4) is 5.88 Å². The van der Waals surface area contributed by atoms with E-state index in [1.165, 1.54) is 25.8 Å². The van der Waals surface area contributed by atoms with Gasteiger partial charge in [-0.1, -0.05) is 13.3 Å². The van der Waals surface area contributed by atoms with Crippen molar-refractivity contribution in [1.29, 1.82) is 0 Å². The molecule has 1 unspecified atom stereocenters. The zero-order valence-electron chi connectivity index (χ0n) is 11.9. The maximum atomic E-state index is 5.74. The maximum absolute atomic E-state index is 5.74. The SMILES string of the molecule is CCNCc1cnc(OCC2CCCCN2C)cn1. The summed E-state index contributed by atoms with van der Waals surface area (Å²) in [6.07, 6.45) is 7.30. The first-order valence-electron chi connectivity index (χ1n) is 7.14. The van der Waals surface area contributed by atoms with E-state index in [1.54, 1.807) is 12.4 Å². The molecule has 1 fully saturated rings. The van der Waals surface area contributed by atoms with Crippen LogP contribution in [0.3, 0.4) is 0 Å². The Morgan fingerprint density at radius 2 is 2.26 bits per heavy atom. The molecule has 0 amide bonds. The average molecular weight is 264 g/mol. The van der Waals surface area contributed by atoms with Gasteiger partial charge in [0.25, 0.3) is 0 Å². The number of likely N-dealkylation sites (tertiary alicyclic amines) is 1. The normalized spacial score (nSPS) is 20.4. The van der Waals surface area contributed by atoms with E-state index >= 15 is 0 Å². The van der Waals surface area contributed by atoms with E-state index in [-0.39, 0.29) is 0 Å². The molecule has 1 aliphatic rings. The van der Waals surface area contributed by atoms with Gasteiger partial charge in [0.2, 0.25) is 5.88 Å². The number of nitrogens with one attached hydrogen (secondary N) is 1. The molecule has 5 heteroatoms. The lowest BCUT2D eigenvalue weighted by atomic mass is 10.0. The van der Waals surface area contributed by atoms with E-state index < -0.39 is 0 Å². The molecule has 1 aromatic rings. The van der Waals surface area contributed by atoms with Gasteiger partial charge in [-0.25, -0.2) is 4.98 Å². The largest absolute Gasteiger partial charge is 0.475 e. The van der Waals surface area contributed by atoms with Crippen molar-refractivity contribution in [2.24, 2.45) is 0 Å². The lowest BCUT2D eigenvalue weighted by Crippen LogP contribution is -2.40. The molecule has 5 nitrogen and oxygen atoms in total. The number of piperidine rings is 1. The molecule has 0 bridgehead atoms. The van der Waals surface area contributed by atoms with Crippen LogP contribution in [0.2, 0.25) is 0 Å². The predicted octanol–water partition coefficient (Wildman–Crippen LogP) is 1.45. The summed E-state index contributed by atoms with van der Waals surface area (Å²) in [5.41, 5.74) is 0.948. The van der Waals surface area contributed by atoms with Crippen LogP contribution >= 0.6 is 0 Å². The summed E-state index contributed by atoms with van der Waals surface area (Å²) in [4.78, 5) is 11.0. The highest BCUT2D eigenvalue weighted by Gasteiger charge is 2.19. The summed E-state index contributed by atoms with van der Waals surface area (Å²) < 4.78 is 5.74. The van der Waals surface area contributed by atoms with Crippen molar-refractivity contribution in [2.45, 2.75) is 38.8 Å². The molecule has 2 heterocycles. The monoisotopic (exact) mass is 264 g/mol. The summed E-state index contributed by atoms with van der Waals surface area (Å²) >= 11 is 0. The molecule has 1 saturated heterocycles. The first kappa shape index (κ1) is 14.2. The first-order valence-corrected chi connectivity index (χ1v) is 7.14. The lowest BCUT2D eigenvalue weighted by molar-refractivity contribution is 0.122. The maximum Gasteiger partial charge on any atom is 0.232 e. The Hall–Kier alpha value is -1.20. The average Bonchev–Trinajstić information content (AvgIpc) is 2.45. The summed E-state index contributed by atoms with van der Waals surface area (Å²) in [5, 5.41) is 3.22. The molecule has 1 aliphatic heterocycles. The zero-order chi connectivity index (χ0) is 13.5. The number of hydrogen-bond acceptors (Lipinski definition) is 5. The molecule has 1 N–H and O–H groups in total. The van der Waals surface area contributed by atoms with E-state index in [9.17, 15) is 0 Å². The van der Waals surface area contributed by atoms with Gasteiger partial charge in [-0.15, -0.1) is 0 Å². The van der Waals surface area contributed by atoms with Gasteiger partial charge in [-0.2, -0.15) is 0 Å². The van der Waals surface area contributed by atoms with Crippen LogP contribution in [0.4, 0.5) is 0 Å². The van der Waals surface area contributed by atoms with Crippen molar-refractivity contribution in [1.82, 2.24) is 20.2 Å². The second kappa shape index (κ2) is 7.40. The molecule has 0 aromatic carbocycles. The van der Waals surface area contributed by atoms with Crippen LogP contribution in [0.1, 0.15) is 31.9 Å². The van der Waals surface area contributed by atoms with Gasteiger partial charge in [-0.3, -0.25) is 4.98 Å². The molecule has 2 rings (SSSR count). The second-order valence-corrected chi connectivity index (χ2v) is 5.07. The number of nitrogens with zero attached hydrogens (tertiary/aromatic N) is 3. The highest BCUT2D eigenvalue weighted by molar-refractivity contribution is 5.07. The third-order valence-electron chi connectivity index (χ3n) is 3.58. The Labute approximate surface area is 115 Å². The Kier molecular flexibility index (Phi) is 5.54. The van der Waals surface area contributed by atoms with Crippen LogP contribution in [-0.4, -0.2) is 47.7 Å². The highest BCUT2D eigenvalue weighted by atomic mass is 16.5. The molecule has 0 radical (unpaired) electrons. The minimum Gasteiger partial charge on any atom is -0.475 e. The molecule has 1 atom stereocenters. The molecule has 19 heavy (non-hydrogen) atoms. The van der Waals surface area contributed by atoms with Crippen molar-refractivity contribution in [2.75, 3.05) is 26.7 Å². The molecule has 1 aromatic heterocycles. The van der Waals surface area contributed by atoms with Crippen molar-refractivity contribution in [3.63, 3.8) is 0 Å². The zero-order valence-corrected chi connectivity index (χ0v) is 11.9. The molecular weight excluding hydrogens is 240 g/mol. The fourth-order valence-corrected chi connectivity index (χ4v) is 2.30. The van der Waals surface area contributed by atoms with E-state index in [1.807, 2.05) is 0 Å². The summed E-state index contributed by atoms with van der Waals surface area (Å²) in [6, 6.07) is 0.511. The second-order valence-electron chi connectivity index (χ2n) is 5.07. The summed E-state index contributed by atoms with van der Waals surface area (Å²) in [7, 11) is 2.17. The van der Waals surface area contributed by atoms with Gasteiger partial charge in [-0.05, 0) is 33.0 Å². The van der Waals surface area contributed by atoms with Gasteiger partial charge in [0.05, 0.1) is 18.1 Å². The van der Waals surface area contributed by atoms with Crippen LogP contribution in [0.15, 0.2) is 12.4 Å². The molecule has 106 valence electrons. The van der Waals surface area contributed by atoms with Crippen LogP contribution in [0.25, 0.3) is 0 Å². The van der Waals surface area contributed by atoms with E-state index in [4.69, 9.17) is 4.74 Å². The van der Waals surface area contributed by atoms with Gasteiger partial charge < -0.3 is 15.0 Å². The molecule has 0 aliphatic carbocycles. The standard InChI is InChI=1S/C14H24N4O/c1-3-15-8-12-9-17-14(10-16-12)19-11-13-6-4-5-7-18(13)2/h9-10,13,15H,3-8,11H2,1-2H3. The highest BCUT2D eigenvalue weighted by Crippen LogP contribution is 2.16. The first-order chi connectivity index (χ1) is 9.29. The van der Waals surface area contributed by atoms with Crippen molar-refractivity contribution < 1.29 is 4.74 Å². The number of hydrogen-bond donors (Lipinski definition) is 1. The van der Waals surface area contributed by atoms with Gasteiger partial charge in [0.15, 0.2) is 0 Å². The third-order valence-corrected chi connectivity index (χ3v) is 3.58. The fraction of sp³-hybridized carbons (Fsp3) is 0.714.